The van der Waals surface area contributed by atoms with Crippen molar-refractivity contribution in [1.29, 1.82) is 0 Å². The van der Waals surface area contributed by atoms with Gasteiger partial charge in [-0.05, 0) is 31.5 Å². The van der Waals surface area contributed by atoms with Gasteiger partial charge in [-0.15, -0.1) is 0 Å². The average molecular weight is 336 g/mol. The van der Waals surface area contributed by atoms with Gasteiger partial charge < -0.3 is 10.3 Å². The summed E-state index contributed by atoms with van der Waals surface area (Å²) >= 11 is 0. The first-order chi connectivity index (χ1) is 14.2. The summed E-state index contributed by atoms with van der Waals surface area (Å²) < 4.78 is 39.6. The fraction of sp³-hybridized carbons (Fsp3) is 0.105. The molecule has 3 heterocycles. The first kappa shape index (κ1) is 10.5. The quantitative estimate of drug-likeness (QED) is 0.531. The summed E-state index contributed by atoms with van der Waals surface area (Å²) in [6, 6.07) is 1.46. The van der Waals surface area contributed by atoms with Crippen molar-refractivity contribution in [3.63, 3.8) is 0 Å². The molecule has 124 valence electrons. The van der Waals surface area contributed by atoms with Crippen molar-refractivity contribution in [3.05, 3.63) is 65.5 Å². The monoisotopic (exact) mass is 336 g/mol. The zero-order chi connectivity index (χ0) is 21.7. The van der Waals surface area contributed by atoms with E-state index in [-0.39, 0.29) is 23.6 Å². The van der Waals surface area contributed by atoms with Gasteiger partial charge in [0, 0.05) is 22.3 Å². The minimum absolute atomic E-state index is 0.0622. The minimum atomic E-state index is -0.447. The number of nitrogens with zero attached hydrogens (tertiary/aromatic N) is 2. The van der Waals surface area contributed by atoms with Crippen molar-refractivity contribution in [2.75, 3.05) is 5.32 Å². The molecule has 0 fully saturated rings. The highest BCUT2D eigenvalue weighted by atomic mass is 16.1. The van der Waals surface area contributed by atoms with Gasteiger partial charge in [-0.2, -0.15) is 5.10 Å². The molecule has 6 heteroatoms. The van der Waals surface area contributed by atoms with E-state index < -0.39 is 18.1 Å². The number of amides is 1. The summed E-state index contributed by atoms with van der Waals surface area (Å²) in [5, 5.41) is 10.1. The van der Waals surface area contributed by atoms with E-state index in [9.17, 15) is 4.79 Å². The third kappa shape index (κ3) is 2.78. The van der Waals surface area contributed by atoms with Gasteiger partial charge in [0.25, 0.3) is 5.91 Å². The second-order valence-corrected chi connectivity index (χ2v) is 5.62. The van der Waals surface area contributed by atoms with Crippen LogP contribution in [0.15, 0.2) is 48.5 Å². The molecule has 6 nitrogen and oxygen atoms in total. The normalized spacial score (nSPS) is 13.8. The number of hydrogen-bond acceptors (Lipinski definition) is 3. The van der Waals surface area contributed by atoms with E-state index in [1.165, 1.54) is 6.20 Å². The molecule has 0 aliphatic rings. The Bertz CT molecular complexity index is 1300. The van der Waals surface area contributed by atoms with Crippen LogP contribution in [0.1, 0.15) is 28.6 Å². The van der Waals surface area contributed by atoms with E-state index in [1.54, 1.807) is 19.1 Å². The number of hydrogen-bond donors (Lipinski definition) is 3. The number of aryl methyl sites for hydroxylation is 1. The van der Waals surface area contributed by atoms with Crippen LogP contribution >= 0.6 is 0 Å². The lowest BCUT2D eigenvalue weighted by atomic mass is 10.1. The number of fused-ring (bicyclic) bond motifs is 1. The van der Waals surface area contributed by atoms with Gasteiger partial charge in [-0.25, -0.2) is 4.98 Å². The molecule has 4 aromatic rings. The van der Waals surface area contributed by atoms with Gasteiger partial charge in [0.05, 0.1) is 18.7 Å². The second kappa shape index (κ2) is 5.90. The summed E-state index contributed by atoms with van der Waals surface area (Å²) in [5.41, 5.74) is 3.17. The van der Waals surface area contributed by atoms with Crippen LogP contribution in [0, 0.1) is 13.8 Å². The molecule has 0 bridgehead atoms. The Morgan fingerprint density at radius 3 is 2.72 bits per heavy atom. The van der Waals surface area contributed by atoms with Crippen LogP contribution in [0.25, 0.3) is 22.3 Å². The Morgan fingerprint density at radius 2 is 2.00 bits per heavy atom. The number of aromatic nitrogens is 4. The van der Waals surface area contributed by atoms with Crippen molar-refractivity contribution in [3.8, 4) is 11.3 Å². The first-order valence-electron chi connectivity index (χ1n) is 10.1. The molecule has 0 spiro atoms. The molecule has 0 aliphatic carbocycles. The Kier molecular flexibility index (Phi) is 2.47. The average Bonchev–Trinajstić information content (AvgIpc) is 3.28. The van der Waals surface area contributed by atoms with Crippen LogP contribution in [0.5, 0.6) is 0 Å². The van der Waals surface area contributed by atoms with Crippen LogP contribution in [-0.2, 0) is 0 Å². The first-order valence-corrected chi connectivity index (χ1v) is 7.58. The molecule has 0 unspecified atom stereocenters. The van der Waals surface area contributed by atoms with Crippen molar-refractivity contribution >= 4 is 22.6 Å². The van der Waals surface area contributed by atoms with E-state index in [0.717, 1.165) is 11.3 Å². The number of nitrogens with one attached hydrogen (secondary N) is 3. The van der Waals surface area contributed by atoms with Gasteiger partial charge in [0.2, 0.25) is 0 Å². The lowest BCUT2D eigenvalue weighted by Gasteiger charge is -2.03. The molecular formula is C19H17N5O. The number of aromatic amines is 2. The summed E-state index contributed by atoms with van der Waals surface area (Å²) in [4.78, 5) is 19.7. The second-order valence-electron chi connectivity index (χ2n) is 5.62. The molecule has 0 atom stereocenters. The summed E-state index contributed by atoms with van der Waals surface area (Å²) in [6.45, 7) is 3.63. The van der Waals surface area contributed by atoms with Gasteiger partial charge in [0.15, 0.2) is 5.69 Å². The van der Waals surface area contributed by atoms with E-state index in [0.29, 0.717) is 28.1 Å². The Labute approximate surface area is 151 Å². The molecule has 0 saturated heterocycles. The van der Waals surface area contributed by atoms with E-state index in [1.807, 2.05) is 6.92 Å². The minimum Gasteiger partial charge on any atom is -0.339 e. The lowest BCUT2D eigenvalue weighted by molar-refractivity contribution is 0.102. The SMILES string of the molecule is [2H]c1c([2H])c([2H])c(-c2cc3cc(NC(=O)c4n[nH]c(C)c4C)cnc3[nH]2)c([2H])c1[2H]. The van der Waals surface area contributed by atoms with E-state index in [4.69, 9.17) is 6.85 Å². The Hall–Kier alpha value is -3.41. The topological polar surface area (TPSA) is 86.5 Å². The van der Waals surface area contributed by atoms with Gasteiger partial charge in [0.1, 0.15) is 5.65 Å². The molecule has 0 aliphatic heterocycles. The molecule has 25 heavy (non-hydrogen) atoms. The summed E-state index contributed by atoms with van der Waals surface area (Å²) in [7, 11) is 0. The Morgan fingerprint density at radius 1 is 1.20 bits per heavy atom. The molecule has 1 amide bonds. The van der Waals surface area contributed by atoms with Crippen LogP contribution in [0.3, 0.4) is 0 Å². The standard InChI is InChI=1S/C19H17N5O/c1-11-12(2)23-24-17(11)19(25)21-15-8-14-9-16(22-18(14)20-10-15)13-6-4-3-5-7-13/h3-10H,1-2H3,(H,20,22)(H,21,25)(H,23,24)/i3D,4D,5D,6D,7D. The molecule has 0 radical (unpaired) electrons. The molecule has 4 rings (SSSR count). The van der Waals surface area contributed by atoms with Crippen molar-refractivity contribution in [2.24, 2.45) is 0 Å². The predicted octanol–water partition coefficient (Wildman–Crippen LogP) is 3.82. The zero-order valence-electron chi connectivity index (χ0n) is 18.5. The highest BCUT2D eigenvalue weighted by molar-refractivity contribution is 6.04. The molecule has 3 N–H and O–H groups in total. The highest BCUT2D eigenvalue weighted by Crippen LogP contribution is 2.25. The van der Waals surface area contributed by atoms with Crippen LogP contribution in [0.4, 0.5) is 5.69 Å². The number of benzene rings is 1. The fourth-order valence-electron chi connectivity index (χ4n) is 2.50. The van der Waals surface area contributed by atoms with Gasteiger partial charge in [-0.3, -0.25) is 9.89 Å². The number of carbonyl (C=O) groups is 1. The van der Waals surface area contributed by atoms with Crippen LogP contribution in [0.2, 0.25) is 0 Å². The zero-order valence-corrected chi connectivity index (χ0v) is 13.5. The smallest absolute Gasteiger partial charge is 0.276 e. The number of carbonyl (C=O) groups excluding carboxylic acids is 1. The highest BCUT2D eigenvalue weighted by Gasteiger charge is 2.15. The largest absolute Gasteiger partial charge is 0.339 e. The van der Waals surface area contributed by atoms with E-state index in [2.05, 4.69) is 25.5 Å². The number of H-pyrrole nitrogens is 2. The Balaban J connectivity index is 1.72. The van der Waals surface area contributed by atoms with Gasteiger partial charge in [-0.1, -0.05) is 30.2 Å². The number of anilines is 1. The van der Waals surface area contributed by atoms with Gasteiger partial charge >= 0.3 is 0 Å². The fourth-order valence-corrected chi connectivity index (χ4v) is 2.50. The van der Waals surface area contributed by atoms with Crippen LogP contribution < -0.4 is 5.32 Å². The molecule has 3 aromatic heterocycles. The third-order valence-corrected chi connectivity index (χ3v) is 3.97. The number of pyridine rings is 1. The maximum atomic E-state index is 12.5. The van der Waals surface area contributed by atoms with Crippen molar-refractivity contribution in [2.45, 2.75) is 13.8 Å². The third-order valence-electron chi connectivity index (χ3n) is 3.97. The molecular weight excluding hydrogens is 314 g/mol. The van der Waals surface area contributed by atoms with Crippen molar-refractivity contribution in [1.82, 2.24) is 20.2 Å². The predicted molar refractivity (Wildman–Crippen MR) is 97.5 cm³/mol. The summed E-state index contributed by atoms with van der Waals surface area (Å²) in [5.74, 6) is -0.376. The maximum Gasteiger partial charge on any atom is 0.276 e. The lowest BCUT2D eigenvalue weighted by Crippen LogP contribution is -2.13. The van der Waals surface area contributed by atoms with E-state index >= 15 is 0 Å². The summed E-state index contributed by atoms with van der Waals surface area (Å²) in [6.07, 6.45) is 1.47. The molecule has 0 saturated carbocycles. The van der Waals surface area contributed by atoms with Crippen LogP contribution in [-0.4, -0.2) is 26.1 Å². The molecule has 1 aromatic carbocycles. The number of rotatable bonds is 3. The van der Waals surface area contributed by atoms with Crippen molar-refractivity contribution < 1.29 is 11.6 Å². The maximum absolute atomic E-state index is 12.5.